The number of aliphatic hydroxyl groups is 1. The maximum Gasteiger partial charge on any atom is 0.0786 e. The molecule has 0 radical (unpaired) electrons. The third kappa shape index (κ3) is 2.29. The van der Waals surface area contributed by atoms with Crippen molar-refractivity contribution >= 4 is 0 Å². The maximum atomic E-state index is 10.3. The molecule has 1 heterocycles. The van der Waals surface area contributed by atoms with E-state index in [0.717, 1.165) is 31.8 Å². The maximum absolute atomic E-state index is 10.3. The van der Waals surface area contributed by atoms with Crippen LogP contribution in [0.4, 0.5) is 0 Å². The third-order valence-corrected chi connectivity index (χ3v) is 3.96. The summed E-state index contributed by atoms with van der Waals surface area (Å²) in [6, 6.07) is 0. The Bertz CT molecular complexity index is 206. The summed E-state index contributed by atoms with van der Waals surface area (Å²) in [5.41, 5.74) is 0.137. The van der Waals surface area contributed by atoms with Gasteiger partial charge in [-0.05, 0) is 50.0 Å². The Balaban J connectivity index is 1.86. The molecule has 2 heteroatoms. The van der Waals surface area contributed by atoms with Crippen molar-refractivity contribution in [2.75, 3.05) is 13.1 Å². The van der Waals surface area contributed by atoms with Gasteiger partial charge in [-0.15, -0.1) is 0 Å². The molecule has 2 aliphatic rings. The van der Waals surface area contributed by atoms with Crippen LogP contribution in [0.3, 0.4) is 0 Å². The van der Waals surface area contributed by atoms with Crippen LogP contribution in [0, 0.1) is 11.3 Å². The molecule has 1 saturated carbocycles. The SMILES string of the molecule is CC1(C)CCC(CC2(O)CCNC2)C1. The fourth-order valence-corrected chi connectivity index (χ4v) is 3.20. The first kappa shape index (κ1) is 10.4. The van der Waals surface area contributed by atoms with Crippen molar-refractivity contribution in [3.8, 4) is 0 Å². The molecule has 2 N–H and O–H groups in total. The van der Waals surface area contributed by atoms with E-state index in [1.54, 1.807) is 0 Å². The van der Waals surface area contributed by atoms with Gasteiger partial charge in [0, 0.05) is 6.54 Å². The van der Waals surface area contributed by atoms with Crippen molar-refractivity contribution in [3.05, 3.63) is 0 Å². The normalized spacial score (nSPS) is 41.8. The lowest BCUT2D eigenvalue weighted by Crippen LogP contribution is -2.33. The smallest absolute Gasteiger partial charge is 0.0786 e. The molecular weight excluding hydrogens is 174 g/mol. The molecule has 2 unspecified atom stereocenters. The van der Waals surface area contributed by atoms with Crippen LogP contribution in [0.5, 0.6) is 0 Å². The molecule has 1 saturated heterocycles. The van der Waals surface area contributed by atoms with Crippen LogP contribution in [0.25, 0.3) is 0 Å². The molecule has 0 aromatic carbocycles. The highest BCUT2D eigenvalue weighted by atomic mass is 16.3. The van der Waals surface area contributed by atoms with Crippen LogP contribution in [0.15, 0.2) is 0 Å². The molecule has 0 spiro atoms. The predicted octanol–water partition coefficient (Wildman–Crippen LogP) is 1.93. The number of rotatable bonds is 2. The fourth-order valence-electron chi connectivity index (χ4n) is 3.20. The van der Waals surface area contributed by atoms with Crippen molar-refractivity contribution in [1.82, 2.24) is 5.32 Å². The van der Waals surface area contributed by atoms with Gasteiger partial charge in [0.05, 0.1) is 5.60 Å². The van der Waals surface area contributed by atoms with Gasteiger partial charge in [0.1, 0.15) is 0 Å². The van der Waals surface area contributed by atoms with Gasteiger partial charge in [-0.25, -0.2) is 0 Å². The standard InChI is InChI=1S/C12H23NO/c1-11(2)4-3-10(7-11)8-12(14)5-6-13-9-12/h10,13-14H,3-9H2,1-2H3. The first-order chi connectivity index (χ1) is 6.49. The Kier molecular flexibility index (Phi) is 2.61. The molecule has 2 rings (SSSR count). The zero-order valence-corrected chi connectivity index (χ0v) is 9.47. The van der Waals surface area contributed by atoms with E-state index in [1.807, 2.05) is 0 Å². The van der Waals surface area contributed by atoms with Gasteiger partial charge in [0.25, 0.3) is 0 Å². The minimum atomic E-state index is -0.384. The quantitative estimate of drug-likeness (QED) is 0.709. The number of hydrogen-bond acceptors (Lipinski definition) is 2. The van der Waals surface area contributed by atoms with Gasteiger partial charge in [-0.3, -0.25) is 0 Å². The second kappa shape index (κ2) is 3.49. The molecular formula is C12H23NO. The van der Waals surface area contributed by atoms with Gasteiger partial charge in [0.15, 0.2) is 0 Å². The molecule has 2 atom stereocenters. The number of hydrogen-bond donors (Lipinski definition) is 2. The summed E-state index contributed by atoms with van der Waals surface area (Å²) >= 11 is 0. The van der Waals surface area contributed by atoms with Crippen LogP contribution < -0.4 is 5.32 Å². The largest absolute Gasteiger partial charge is 0.389 e. The molecule has 1 aliphatic carbocycles. The van der Waals surface area contributed by atoms with Crippen molar-refractivity contribution in [3.63, 3.8) is 0 Å². The van der Waals surface area contributed by atoms with E-state index in [4.69, 9.17) is 0 Å². The van der Waals surface area contributed by atoms with E-state index in [-0.39, 0.29) is 5.60 Å². The lowest BCUT2D eigenvalue weighted by molar-refractivity contribution is 0.0345. The average Bonchev–Trinajstić information content (AvgIpc) is 2.59. The van der Waals surface area contributed by atoms with Crippen LogP contribution >= 0.6 is 0 Å². The van der Waals surface area contributed by atoms with Crippen molar-refractivity contribution in [2.24, 2.45) is 11.3 Å². The Morgan fingerprint density at radius 2 is 2.14 bits per heavy atom. The predicted molar refractivity (Wildman–Crippen MR) is 58.2 cm³/mol. The summed E-state index contributed by atoms with van der Waals surface area (Å²) in [6.07, 6.45) is 5.92. The van der Waals surface area contributed by atoms with E-state index in [0.29, 0.717) is 5.41 Å². The van der Waals surface area contributed by atoms with Crippen LogP contribution in [0.2, 0.25) is 0 Å². The molecule has 14 heavy (non-hydrogen) atoms. The molecule has 0 aromatic rings. The Hall–Kier alpha value is -0.0800. The van der Waals surface area contributed by atoms with Crippen LogP contribution in [-0.2, 0) is 0 Å². The highest BCUT2D eigenvalue weighted by Gasteiger charge is 2.38. The van der Waals surface area contributed by atoms with Gasteiger partial charge in [-0.1, -0.05) is 13.8 Å². The van der Waals surface area contributed by atoms with E-state index >= 15 is 0 Å². The summed E-state index contributed by atoms with van der Waals surface area (Å²) in [5, 5.41) is 13.5. The first-order valence-corrected chi connectivity index (χ1v) is 5.92. The minimum Gasteiger partial charge on any atom is -0.389 e. The van der Waals surface area contributed by atoms with Gasteiger partial charge < -0.3 is 10.4 Å². The second-order valence-corrected chi connectivity index (χ2v) is 6.13. The lowest BCUT2D eigenvalue weighted by Gasteiger charge is -2.26. The zero-order valence-electron chi connectivity index (χ0n) is 9.47. The lowest BCUT2D eigenvalue weighted by atomic mass is 9.85. The first-order valence-electron chi connectivity index (χ1n) is 5.92. The monoisotopic (exact) mass is 197 g/mol. The number of β-amino-alcohol motifs (C(OH)–C–C–N with tert-alkyl or cyclic N) is 1. The van der Waals surface area contributed by atoms with Crippen molar-refractivity contribution in [1.29, 1.82) is 0 Å². The molecule has 82 valence electrons. The summed E-state index contributed by atoms with van der Waals surface area (Å²) in [7, 11) is 0. The summed E-state index contributed by atoms with van der Waals surface area (Å²) in [5.74, 6) is 0.759. The summed E-state index contributed by atoms with van der Waals surface area (Å²) in [4.78, 5) is 0. The number of nitrogens with one attached hydrogen (secondary N) is 1. The summed E-state index contributed by atoms with van der Waals surface area (Å²) < 4.78 is 0. The topological polar surface area (TPSA) is 32.3 Å². The van der Waals surface area contributed by atoms with E-state index in [1.165, 1.54) is 19.3 Å². The molecule has 1 aliphatic heterocycles. The van der Waals surface area contributed by atoms with E-state index in [2.05, 4.69) is 19.2 Å². The molecule has 2 fully saturated rings. The third-order valence-electron chi connectivity index (χ3n) is 3.96. The van der Waals surface area contributed by atoms with E-state index < -0.39 is 0 Å². The van der Waals surface area contributed by atoms with Crippen LogP contribution in [0.1, 0.15) is 46.0 Å². The fraction of sp³-hybridized carbons (Fsp3) is 1.00. The Labute approximate surface area is 87.1 Å². The Morgan fingerprint density at radius 1 is 1.36 bits per heavy atom. The molecule has 0 aromatic heterocycles. The van der Waals surface area contributed by atoms with Gasteiger partial charge in [0.2, 0.25) is 0 Å². The molecule has 0 bridgehead atoms. The Morgan fingerprint density at radius 3 is 2.64 bits per heavy atom. The zero-order chi connectivity index (χ0) is 10.2. The highest BCUT2D eigenvalue weighted by molar-refractivity contribution is 4.93. The van der Waals surface area contributed by atoms with Gasteiger partial charge in [-0.2, -0.15) is 0 Å². The average molecular weight is 197 g/mol. The highest BCUT2D eigenvalue weighted by Crippen LogP contribution is 2.44. The molecule has 0 amide bonds. The molecule has 2 nitrogen and oxygen atoms in total. The second-order valence-electron chi connectivity index (χ2n) is 6.13. The van der Waals surface area contributed by atoms with Crippen LogP contribution in [-0.4, -0.2) is 23.8 Å². The van der Waals surface area contributed by atoms with E-state index in [9.17, 15) is 5.11 Å². The van der Waals surface area contributed by atoms with Gasteiger partial charge >= 0.3 is 0 Å². The van der Waals surface area contributed by atoms with Crippen molar-refractivity contribution in [2.45, 2.75) is 51.6 Å². The minimum absolute atomic E-state index is 0.384. The summed E-state index contributed by atoms with van der Waals surface area (Å²) in [6.45, 7) is 6.50. The van der Waals surface area contributed by atoms with Crippen molar-refractivity contribution < 1.29 is 5.11 Å².